The number of hydrogen-bond donors (Lipinski definition) is 1. The first-order valence-corrected chi connectivity index (χ1v) is 11.2. The molecule has 2 aromatic carbocycles. The number of anilines is 1. The lowest BCUT2D eigenvalue weighted by atomic mass is 10.0. The zero-order valence-electron chi connectivity index (χ0n) is 18.5. The van der Waals surface area contributed by atoms with Crippen molar-refractivity contribution in [2.24, 2.45) is 0 Å². The Balaban J connectivity index is 1.51. The maximum Gasteiger partial charge on any atom is 0.191 e. The number of methoxy groups -OCH3 is 3. The van der Waals surface area contributed by atoms with Gasteiger partial charge < -0.3 is 28.2 Å². The van der Waals surface area contributed by atoms with Gasteiger partial charge in [-0.05, 0) is 41.8 Å². The summed E-state index contributed by atoms with van der Waals surface area (Å²) in [4.78, 5) is 0.809. The van der Waals surface area contributed by atoms with Crippen LogP contribution in [-0.2, 0) is 17.7 Å². The van der Waals surface area contributed by atoms with Crippen molar-refractivity contribution >= 4 is 28.7 Å². The smallest absolute Gasteiger partial charge is 0.191 e. The molecule has 1 atom stereocenters. The molecule has 1 aliphatic rings. The normalized spacial score (nSPS) is 14.8. The van der Waals surface area contributed by atoms with E-state index in [-0.39, 0.29) is 6.10 Å². The third-order valence-corrected chi connectivity index (χ3v) is 6.41. The molecule has 4 aromatic rings. The number of hydrogen-bond acceptors (Lipinski definition) is 9. The van der Waals surface area contributed by atoms with Gasteiger partial charge in [-0.3, -0.25) is 4.68 Å². The van der Waals surface area contributed by atoms with Crippen LogP contribution in [0.25, 0.3) is 11.0 Å². The van der Waals surface area contributed by atoms with Gasteiger partial charge in [0.2, 0.25) is 0 Å². The molecule has 1 N–H and O–H groups in total. The first-order valence-electron chi connectivity index (χ1n) is 10.4. The van der Waals surface area contributed by atoms with Crippen LogP contribution in [0.4, 0.5) is 5.82 Å². The lowest BCUT2D eigenvalue weighted by Gasteiger charge is -2.13. The van der Waals surface area contributed by atoms with E-state index in [2.05, 4.69) is 15.0 Å². The number of benzene rings is 2. The van der Waals surface area contributed by atoms with Crippen molar-refractivity contribution in [3.8, 4) is 17.2 Å². The summed E-state index contributed by atoms with van der Waals surface area (Å²) in [6.07, 6.45) is 4.37. The van der Waals surface area contributed by atoms with Crippen LogP contribution in [0, 0.1) is 0 Å². The highest BCUT2D eigenvalue weighted by molar-refractivity contribution is 8.00. The van der Waals surface area contributed by atoms with E-state index in [1.54, 1.807) is 27.5 Å². The Morgan fingerprint density at radius 1 is 1.18 bits per heavy atom. The lowest BCUT2D eigenvalue weighted by molar-refractivity contribution is 0.0959. The molecule has 33 heavy (non-hydrogen) atoms. The second kappa shape index (κ2) is 9.24. The fourth-order valence-corrected chi connectivity index (χ4v) is 4.87. The van der Waals surface area contributed by atoms with Crippen molar-refractivity contribution in [2.75, 3.05) is 32.7 Å². The summed E-state index contributed by atoms with van der Waals surface area (Å²) in [7, 11) is 4.93. The Hall–Kier alpha value is -3.37. The van der Waals surface area contributed by atoms with Gasteiger partial charge in [-0.1, -0.05) is 11.2 Å². The van der Waals surface area contributed by atoms with E-state index in [0.29, 0.717) is 36.1 Å². The van der Waals surface area contributed by atoms with Crippen LogP contribution in [-0.4, -0.2) is 49.0 Å². The molecule has 0 spiro atoms. The molecule has 0 bridgehead atoms. The molecule has 0 saturated heterocycles. The van der Waals surface area contributed by atoms with Crippen molar-refractivity contribution in [3.05, 3.63) is 53.9 Å². The third-order valence-electron chi connectivity index (χ3n) is 5.51. The Morgan fingerprint density at radius 2 is 2.00 bits per heavy atom. The SMILES string of the molecule is COCC1Cc2c(Cn3cccn3)cc3onc(NSc4c(OC)cccc4OC)c3c2O1. The summed E-state index contributed by atoms with van der Waals surface area (Å²) in [6, 6.07) is 9.56. The monoisotopic (exact) mass is 468 g/mol. The standard InChI is InChI=1S/C23H24N4O5S/c1-28-13-15-11-16-14(12-27-9-5-8-24-27)10-19-20(21(16)31-15)23(25-32-19)26-33-22-17(29-2)6-4-7-18(22)30-3/h4-10,15H,11-13H2,1-3H3,(H,25,26). The topological polar surface area (TPSA) is 92.8 Å². The Bertz CT molecular complexity index is 1240. The van der Waals surface area contributed by atoms with E-state index in [1.165, 1.54) is 11.9 Å². The predicted octanol–water partition coefficient (Wildman–Crippen LogP) is 4.16. The molecule has 5 rings (SSSR count). The number of nitrogens with one attached hydrogen (secondary N) is 1. The van der Waals surface area contributed by atoms with Gasteiger partial charge in [0.05, 0.1) is 27.4 Å². The molecule has 1 unspecified atom stereocenters. The van der Waals surface area contributed by atoms with Crippen molar-refractivity contribution in [1.29, 1.82) is 0 Å². The molecule has 9 nitrogen and oxygen atoms in total. The molecule has 0 radical (unpaired) electrons. The van der Waals surface area contributed by atoms with E-state index in [9.17, 15) is 0 Å². The first-order chi connectivity index (χ1) is 16.2. The summed E-state index contributed by atoms with van der Waals surface area (Å²) < 4.78 is 33.5. The minimum Gasteiger partial charge on any atom is -0.495 e. The molecule has 172 valence electrons. The van der Waals surface area contributed by atoms with Crippen molar-refractivity contribution in [2.45, 2.75) is 24.0 Å². The minimum atomic E-state index is -0.0725. The van der Waals surface area contributed by atoms with E-state index in [0.717, 1.165) is 33.6 Å². The van der Waals surface area contributed by atoms with Crippen LogP contribution >= 0.6 is 11.9 Å². The van der Waals surface area contributed by atoms with Crippen LogP contribution in [0.2, 0.25) is 0 Å². The maximum atomic E-state index is 6.31. The average Bonchev–Trinajstić information content (AvgIpc) is 3.57. The molecule has 0 saturated carbocycles. The average molecular weight is 469 g/mol. The number of ether oxygens (including phenoxy) is 4. The van der Waals surface area contributed by atoms with Gasteiger partial charge in [0.1, 0.15) is 33.6 Å². The van der Waals surface area contributed by atoms with Gasteiger partial charge in [-0.2, -0.15) is 5.10 Å². The van der Waals surface area contributed by atoms with E-state index in [1.807, 2.05) is 41.2 Å². The van der Waals surface area contributed by atoms with Gasteiger partial charge in [0, 0.05) is 31.5 Å². The number of nitrogens with zero attached hydrogens (tertiary/aromatic N) is 3. The van der Waals surface area contributed by atoms with Crippen LogP contribution < -0.4 is 18.9 Å². The van der Waals surface area contributed by atoms with Crippen molar-refractivity contribution in [1.82, 2.24) is 14.9 Å². The summed E-state index contributed by atoms with van der Waals surface area (Å²) in [5, 5.41) is 9.42. The van der Waals surface area contributed by atoms with Crippen LogP contribution in [0.5, 0.6) is 17.2 Å². The zero-order valence-corrected chi connectivity index (χ0v) is 19.3. The van der Waals surface area contributed by atoms with Gasteiger partial charge >= 0.3 is 0 Å². The van der Waals surface area contributed by atoms with E-state index < -0.39 is 0 Å². The first kappa shape index (κ1) is 21.5. The number of rotatable bonds is 9. The summed E-state index contributed by atoms with van der Waals surface area (Å²) >= 11 is 1.34. The molecule has 0 fully saturated rings. The van der Waals surface area contributed by atoms with Gasteiger partial charge in [-0.25, -0.2) is 0 Å². The molecule has 0 amide bonds. The van der Waals surface area contributed by atoms with Crippen molar-refractivity contribution < 1.29 is 23.5 Å². The quantitative estimate of drug-likeness (QED) is 0.364. The van der Waals surface area contributed by atoms with Gasteiger partial charge in [0.25, 0.3) is 0 Å². The highest BCUT2D eigenvalue weighted by Crippen LogP contribution is 2.45. The Morgan fingerprint density at radius 3 is 2.70 bits per heavy atom. The third kappa shape index (κ3) is 4.07. The Labute approximate surface area is 195 Å². The molecule has 10 heteroatoms. The lowest BCUT2D eigenvalue weighted by Crippen LogP contribution is -2.19. The summed E-state index contributed by atoms with van der Waals surface area (Å²) in [5.41, 5.74) is 2.84. The molecule has 0 aliphatic carbocycles. The van der Waals surface area contributed by atoms with Crippen LogP contribution in [0.3, 0.4) is 0 Å². The second-order valence-corrected chi connectivity index (χ2v) is 8.36. The largest absolute Gasteiger partial charge is 0.495 e. The summed E-state index contributed by atoms with van der Waals surface area (Å²) in [6.45, 7) is 1.11. The molecular formula is C23H24N4O5S. The van der Waals surface area contributed by atoms with Crippen molar-refractivity contribution in [3.63, 3.8) is 0 Å². The van der Waals surface area contributed by atoms with E-state index in [4.69, 9.17) is 23.5 Å². The fourth-order valence-electron chi connectivity index (χ4n) is 4.03. The number of aromatic nitrogens is 3. The van der Waals surface area contributed by atoms with Crippen LogP contribution in [0.1, 0.15) is 11.1 Å². The summed E-state index contributed by atoms with van der Waals surface area (Å²) in [5.74, 6) is 2.74. The number of fused-ring (bicyclic) bond motifs is 3. The Kier molecular flexibility index (Phi) is 6.01. The van der Waals surface area contributed by atoms with Crippen LogP contribution in [0.15, 0.2) is 52.1 Å². The van der Waals surface area contributed by atoms with Gasteiger partial charge in [0.15, 0.2) is 11.4 Å². The predicted molar refractivity (Wildman–Crippen MR) is 124 cm³/mol. The molecule has 1 aliphatic heterocycles. The minimum absolute atomic E-state index is 0.0725. The zero-order chi connectivity index (χ0) is 22.8. The van der Waals surface area contributed by atoms with E-state index >= 15 is 0 Å². The fraction of sp³-hybridized carbons (Fsp3) is 0.304. The second-order valence-electron chi connectivity index (χ2n) is 7.55. The van der Waals surface area contributed by atoms with Gasteiger partial charge in [-0.15, -0.1) is 0 Å². The highest BCUT2D eigenvalue weighted by atomic mass is 32.2. The highest BCUT2D eigenvalue weighted by Gasteiger charge is 2.31. The maximum absolute atomic E-state index is 6.31. The molecular weight excluding hydrogens is 444 g/mol. The molecule has 2 aromatic heterocycles. The molecule has 3 heterocycles.